The van der Waals surface area contributed by atoms with Gasteiger partial charge in [-0.25, -0.2) is 4.68 Å². The van der Waals surface area contributed by atoms with Gasteiger partial charge in [-0.05, 0) is 83.8 Å². The van der Waals surface area contributed by atoms with Crippen molar-refractivity contribution in [2.24, 2.45) is 0 Å². The van der Waals surface area contributed by atoms with E-state index in [1.807, 2.05) is 19.1 Å². The maximum Gasteiger partial charge on any atom is 0.294 e. The van der Waals surface area contributed by atoms with Crippen LogP contribution in [0.4, 0.5) is 5.69 Å². The Morgan fingerprint density at radius 3 is 2.50 bits per heavy atom. The van der Waals surface area contributed by atoms with Crippen molar-refractivity contribution in [2.75, 3.05) is 19.1 Å². The first-order chi connectivity index (χ1) is 19.5. The first kappa shape index (κ1) is 26.9. The zero-order chi connectivity index (χ0) is 28.1. The summed E-state index contributed by atoms with van der Waals surface area (Å²) in [6, 6.07) is 12.9. The maximum atomic E-state index is 14.2. The van der Waals surface area contributed by atoms with E-state index in [0.717, 1.165) is 43.4 Å². The number of carbonyl (C=O) groups excluding carboxylic acids is 2. The average Bonchev–Trinajstić information content (AvgIpc) is 3.71. The number of anilines is 1. The van der Waals surface area contributed by atoms with Gasteiger partial charge in [0.05, 0.1) is 26.2 Å². The average molecular weight is 545 g/mol. The highest BCUT2D eigenvalue weighted by Gasteiger charge is 2.36. The molecule has 2 amide bonds. The third-order valence-corrected chi connectivity index (χ3v) is 7.19. The molecule has 0 radical (unpaired) electrons. The van der Waals surface area contributed by atoms with Gasteiger partial charge in [0.2, 0.25) is 5.91 Å². The number of nitrogens with one attached hydrogen (secondary N) is 1. The third kappa shape index (κ3) is 5.54. The van der Waals surface area contributed by atoms with E-state index in [9.17, 15) is 9.59 Å². The van der Waals surface area contributed by atoms with Gasteiger partial charge in [0.25, 0.3) is 5.91 Å². The molecule has 1 aliphatic carbocycles. The number of carbonyl (C=O) groups is 2. The van der Waals surface area contributed by atoms with Crippen LogP contribution in [-0.2, 0) is 4.79 Å². The highest BCUT2D eigenvalue weighted by Crippen LogP contribution is 2.36. The van der Waals surface area contributed by atoms with Gasteiger partial charge >= 0.3 is 0 Å². The summed E-state index contributed by atoms with van der Waals surface area (Å²) in [4.78, 5) is 29.7. The van der Waals surface area contributed by atoms with Crippen LogP contribution in [0.2, 0.25) is 0 Å². The zero-order valence-electron chi connectivity index (χ0n) is 22.7. The van der Waals surface area contributed by atoms with Gasteiger partial charge in [0.15, 0.2) is 17.3 Å². The van der Waals surface area contributed by atoms with Gasteiger partial charge in [-0.2, -0.15) is 0 Å². The highest BCUT2D eigenvalue weighted by atomic mass is 16.5. The van der Waals surface area contributed by atoms with Crippen molar-refractivity contribution in [1.82, 2.24) is 25.5 Å². The second kappa shape index (κ2) is 12.0. The molecule has 2 aromatic heterocycles. The molecule has 1 fully saturated rings. The standard InChI is InChI=1S/C29H32N6O5/c1-19-16-22(12-13-23(19)34-18-30-32-33-34)35(29(37)25-10-7-15-40-25)27(28(36)31-21-8-5-4-6-9-21)20-11-14-24(38-2)26(17-20)39-3/h7,10-18,21,27H,4-6,8-9H2,1-3H3,(H,31,36)/t27-/m0/s1. The predicted molar refractivity (Wildman–Crippen MR) is 147 cm³/mol. The molecule has 208 valence electrons. The second-order valence-corrected chi connectivity index (χ2v) is 9.74. The fourth-order valence-electron chi connectivity index (χ4n) is 5.19. The molecular weight excluding hydrogens is 512 g/mol. The van der Waals surface area contributed by atoms with E-state index in [-0.39, 0.29) is 17.7 Å². The molecule has 0 spiro atoms. The summed E-state index contributed by atoms with van der Waals surface area (Å²) in [6.45, 7) is 1.89. The Hall–Kier alpha value is -4.67. The molecule has 1 aliphatic rings. The Bertz CT molecular complexity index is 1450. The summed E-state index contributed by atoms with van der Waals surface area (Å²) in [6.07, 6.45) is 7.99. The zero-order valence-corrected chi connectivity index (χ0v) is 22.7. The summed E-state index contributed by atoms with van der Waals surface area (Å²) in [5.41, 5.74) is 2.62. The van der Waals surface area contributed by atoms with Crippen molar-refractivity contribution in [1.29, 1.82) is 0 Å². The normalized spacial score (nSPS) is 14.4. The topological polar surface area (TPSA) is 125 Å². The lowest BCUT2D eigenvalue weighted by Gasteiger charge is -2.33. The minimum atomic E-state index is -1.03. The lowest BCUT2D eigenvalue weighted by molar-refractivity contribution is -0.123. The van der Waals surface area contributed by atoms with Crippen molar-refractivity contribution in [2.45, 2.75) is 51.1 Å². The number of tetrazole rings is 1. The smallest absolute Gasteiger partial charge is 0.294 e. The van der Waals surface area contributed by atoms with E-state index in [1.54, 1.807) is 48.2 Å². The van der Waals surface area contributed by atoms with Crippen LogP contribution in [0.15, 0.2) is 65.5 Å². The number of benzene rings is 2. The van der Waals surface area contributed by atoms with E-state index in [4.69, 9.17) is 13.9 Å². The summed E-state index contributed by atoms with van der Waals surface area (Å²) >= 11 is 0. The quantitative estimate of drug-likeness (QED) is 0.328. The fraction of sp³-hybridized carbons (Fsp3) is 0.345. The van der Waals surface area contributed by atoms with Crippen LogP contribution in [0.3, 0.4) is 0 Å². The number of amides is 2. The molecule has 11 heteroatoms. The number of methoxy groups -OCH3 is 2. The van der Waals surface area contributed by atoms with Gasteiger partial charge in [0, 0.05) is 11.7 Å². The number of aryl methyl sites for hydroxylation is 1. The Labute approximate surface area is 232 Å². The molecule has 2 heterocycles. The molecule has 2 aromatic carbocycles. The van der Waals surface area contributed by atoms with Crippen LogP contribution in [0, 0.1) is 6.92 Å². The van der Waals surface area contributed by atoms with Gasteiger partial charge in [-0.3, -0.25) is 14.5 Å². The summed E-state index contributed by atoms with van der Waals surface area (Å²) < 4.78 is 18.0. The van der Waals surface area contributed by atoms with Crippen molar-refractivity contribution >= 4 is 17.5 Å². The first-order valence-corrected chi connectivity index (χ1v) is 13.2. The van der Waals surface area contributed by atoms with Crippen molar-refractivity contribution in [3.63, 3.8) is 0 Å². The lowest BCUT2D eigenvalue weighted by Crippen LogP contribution is -2.47. The fourth-order valence-corrected chi connectivity index (χ4v) is 5.19. The molecule has 0 aliphatic heterocycles. The van der Waals surface area contributed by atoms with Crippen LogP contribution >= 0.6 is 0 Å². The number of hydrogen-bond acceptors (Lipinski definition) is 8. The summed E-state index contributed by atoms with van der Waals surface area (Å²) in [5.74, 6) is 0.326. The molecule has 1 N–H and O–H groups in total. The van der Waals surface area contributed by atoms with Gasteiger partial charge in [0.1, 0.15) is 12.4 Å². The molecule has 40 heavy (non-hydrogen) atoms. The number of rotatable bonds is 9. The van der Waals surface area contributed by atoms with Crippen LogP contribution in [-0.4, -0.2) is 52.3 Å². The van der Waals surface area contributed by atoms with E-state index >= 15 is 0 Å². The molecule has 5 rings (SSSR count). The van der Waals surface area contributed by atoms with Crippen molar-refractivity contribution < 1.29 is 23.5 Å². The summed E-state index contributed by atoms with van der Waals surface area (Å²) in [7, 11) is 3.08. The molecule has 1 atom stereocenters. The Kier molecular flexibility index (Phi) is 8.09. The highest BCUT2D eigenvalue weighted by molar-refractivity contribution is 6.08. The number of nitrogens with zero attached hydrogens (tertiary/aromatic N) is 5. The monoisotopic (exact) mass is 544 g/mol. The molecule has 4 aromatic rings. The van der Waals surface area contributed by atoms with Gasteiger partial charge < -0.3 is 19.2 Å². The van der Waals surface area contributed by atoms with Gasteiger partial charge in [-0.15, -0.1) is 5.10 Å². The molecular formula is C29H32N6O5. The molecule has 11 nitrogen and oxygen atoms in total. The Morgan fingerprint density at radius 2 is 1.85 bits per heavy atom. The van der Waals surface area contributed by atoms with E-state index in [0.29, 0.717) is 22.7 Å². The van der Waals surface area contributed by atoms with Crippen LogP contribution < -0.4 is 19.7 Å². The van der Waals surface area contributed by atoms with Crippen LogP contribution in [0.5, 0.6) is 11.5 Å². The maximum absolute atomic E-state index is 14.2. The predicted octanol–water partition coefficient (Wildman–Crippen LogP) is 4.42. The molecule has 0 unspecified atom stereocenters. The van der Waals surface area contributed by atoms with E-state index in [1.165, 1.54) is 24.6 Å². The van der Waals surface area contributed by atoms with E-state index < -0.39 is 11.9 Å². The molecule has 1 saturated carbocycles. The van der Waals surface area contributed by atoms with Crippen molar-refractivity contribution in [3.05, 3.63) is 78.0 Å². The second-order valence-electron chi connectivity index (χ2n) is 9.74. The van der Waals surface area contributed by atoms with E-state index in [2.05, 4.69) is 20.8 Å². The Morgan fingerprint density at radius 1 is 1.05 bits per heavy atom. The van der Waals surface area contributed by atoms with Crippen LogP contribution in [0.1, 0.15) is 59.8 Å². The third-order valence-electron chi connectivity index (χ3n) is 7.19. The first-order valence-electron chi connectivity index (χ1n) is 13.2. The Balaban J connectivity index is 1.64. The lowest BCUT2D eigenvalue weighted by atomic mass is 9.94. The minimum absolute atomic E-state index is 0.0355. The molecule has 0 saturated heterocycles. The SMILES string of the molecule is COc1ccc([C@@H](C(=O)NC2CCCCC2)N(C(=O)c2ccco2)c2ccc(-n3cnnn3)c(C)c2)cc1OC. The number of ether oxygens (including phenoxy) is 2. The number of aromatic nitrogens is 4. The summed E-state index contributed by atoms with van der Waals surface area (Å²) in [5, 5.41) is 14.6. The van der Waals surface area contributed by atoms with Crippen molar-refractivity contribution in [3.8, 4) is 17.2 Å². The van der Waals surface area contributed by atoms with Gasteiger partial charge in [-0.1, -0.05) is 25.3 Å². The largest absolute Gasteiger partial charge is 0.493 e. The number of hydrogen-bond donors (Lipinski definition) is 1. The minimum Gasteiger partial charge on any atom is -0.493 e. The van der Waals surface area contributed by atoms with Crippen LogP contribution in [0.25, 0.3) is 5.69 Å². The molecule has 0 bridgehead atoms. The number of furan rings is 1.